The number of nitrogens with one attached hydrogen (secondary N) is 1. The van der Waals surface area contributed by atoms with E-state index in [0.29, 0.717) is 19.5 Å². The van der Waals surface area contributed by atoms with Crippen molar-refractivity contribution in [3.63, 3.8) is 0 Å². The first-order chi connectivity index (χ1) is 8.56. The summed E-state index contributed by atoms with van der Waals surface area (Å²) < 4.78 is 1.61. The molecule has 1 aliphatic carbocycles. The Kier molecular flexibility index (Phi) is 3.87. The van der Waals surface area contributed by atoms with Crippen molar-refractivity contribution < 1.29 is 9.90 Å². The quantitative estimate of drug-likeness (QED) is 0.790. The minimum Gasteiger partial charge on any atom is -0.396 e. The molecule has 2 N–H and O–H groups in total. The first kappa shape index (κ1) is 13.3. The second-order valence-electron chi connectivity index (χ2n) is 4.98. The Labute approximate surface area is 109 Å². The van der Waals surface area contributed by atoms with Crippen molar-refractivity contribution >= 4 is 17.2 Å². The lowest BCUT2D eigenvalue weighted by Gasteiger charge is -2.12. The van der Waals surface area contributed by atoms with E-state index in [9.17, 15) is 9.59 Å². The van der Waals surface area contributed by atoms with Crippen molar-refractivity contribution in [2.24, 2.45) is 5.41 Å². The van der Waals surface area contributed by atoms with E-state index in [0.717, 1.165) is 29.9 Å². The van der Waals surface area contributed by atoms with Gasteiger partial charge in [0.15, 0.2) is 0 Å². The molecule has 0 saturated heterocycles. The van der Waals surface area contributed by atoms with E-state index in [4.69, 9.17) is 5.11 Å². The number of aliphatic hydroxyl groups excluding tert-OH is 1. The third kappa shape index (κ3) is 3.00. The highest BCUT2D eigenvalue weighted by molar-refractivity contribution is 7.07. The lowest BCUT2D eigenvalue weighted by Crippen LogP contribution is -2.32. The average molecular weight is 270 g/mol. The van der Waals surface area contributed by atoms with E-state index in [2.05, 4.69) is 5.32 Å². The third-order valence-electron chi connectivity index (χ3n) is 3.49. The molecular formula is C12H18N2O3S. The first-order valence-electron chi connectivity index (χ1n) is 6.09. The average Bonchev–Trinajstić information content (AvgIpc) is 3.08. The van der Waals surface area contributed by atoms with E-state index in [1.807, 2.05) is 6.92 Å². The molecule has 1 aromatic rings. The van der Waals surface area contributed by atoms with Crippen LogP contribution in [-0.2, 0) is 11.3 Å². The number of nitrogens with zero attached hydrogens (tertiary/aromatic N) is 1. The number of thiazole rings is 1. The van der Waals surface area contributed by atoms with Gasteiger partial charge in [-0.3, -0.25) is 9.59 Å². The van der Waals surface area contributed by atoms with Crippen LogP contribution in [0.3, 0.4) is 0 Å². The van der Waals surface area contributed by atoms with Crippen LogP contribution in [0.25, 0.3) is 0 Å². The normalized spacial score (nSPS) is 16.6. The van der Waals surface area contributed by atoms with E-state index in [1.54, 1.807) is 9.95 Å². The van der Waals surface area contributed by atoms with Gasteiger partial charge in [0.05, 0.1) is 6.61 Å². The number of amides is 1. The molecule has 0 atom stereocenters. The third-order valence-corrected chi connectivity index (χ3v) is 4.37. The van der Waals surface area contributed by atoms with Gasteiger partial charge in [-0.15, -0.1) is 0 Å². The largest absolute Gasteiger partial charge is 0.396 e. The zero-order valence-electron chi connectivity index (χ0n) is 10.4. The van der Waals surface area contributed by atoms with Crippen LogP contribution in [-0.4, -0.2) is 28.7 Å². The Morgan fingerprint density at radius 1 is 1.61 bits per heavy atom. The van der Waals surface area contributed by atoms with Gasteiger partial charge in [0.1, 0.15) is 0 Å². The van der Waals surface area contributed by atoms with E-state index in [-0.39, 0.29) is 22.8 Å². The molecule has 0 radical (unpaired) electrons. The lowest BCUT2D eigenvalue weighted by atomic mass is 10.1. The maximum absolute atomic E-state index is 11.6. The Morgan fingerprint density at radius 3 is 2.83 bits per heavy atom. The van der Waals surface area contributed by atoms with Gasteiger partial charge in [-0.25, -0.2) is 0 Å². The zero-order valence-corrected chi connectivity index (χ0v) is 11.3. The van der Waals surface area contributed by atoms with Gasteiger partial charge < -0.3 is 15.0 Å². The van der Waals surface area contributed by atoms with Gasteiger partial charge in [-0.05, 0) is 19.8 Å². The van der Waals surface area contributed by atoms with Gasteiger partial charge in [0, 0.05) is 36.0 Å². The molecule has 0 bridgehead atoms. The zero-order chi connectivity index (χ0) is 13.2. The molecule has 1 fully saturated rings. The molecule has 0 aromatic carbocycles. The molecule has 0 unspecified atom stereocenters. The minimum absolute atomic E-state index is 0.0191. The highest BCUT2D eigenvalue weighted by atomic mass is 32.1. The molecule has 1 aliphatic rings. The Morgan fingerprint density at radius 2 is 2.33 bits per heavy atom. The van der Waals surface area contributed by atoms with Crippen molar-refractivity contribution in [2.75, 3.05) is 13.2 Å². The number of hydrogen-bond donors (Lipinski definition) is 2. The molecule has 0 spiro atoms. The van der Waals surface area contributed by atoms with Crippen molar-refractivity contribution in [2.45, 2.75) is 32.7 Å². The molecule has 18 heavy (non-hydrogen) atoms. The van der Waals surface area contributed by atoms with Crippen molar-refractivity contribution in [3.8, 4) is 0 Å². The molecular weight excluding hydrogens is 252 g/mol. The van der Waals surface area contributed by atoms with Crippen LogP contribution in [0.5, 0.6) is 0 Å². The van der Waals surface area contributed by atoms with E-state index >= 15 is 0 Å². The summed E-state index contributed by atoms with van der Waals surface area (Å²) in [7, 11) is 0. The van der Waals surface area contributed by atoms with Crippen molar-refractivity contribution in [3.05, 3.63) is 20.7 Å². The van der Waals surface area contributed by atoms with Gasteiger partial charge in [-0.1, -0.05) is 11.3 Å². The fourth-order valence-corrected chi connectivity index (χ4v) is 2.59. The summed E-state index contributed by atoms with van der Waals surface area (Å²) in [5.41, 5.74) is 0.831. The highest BCUT2D eigenvalue weighted by Gasteiger charge is 2.41. The second kappa shape index (κ2) is 5.24. The molecule has 100 valence electrons. The second-order valence-corrected chi connectivity index (χ2v) is 5.80. The molecule has 1 aromatic heterocycles. The first-order valence-corrected chi connectivity index (χ1v) is 6.97. The number of rotatable bonds is 6. The van der Waals surface area contributed by atoms with Crippen LogP contribution in [0, 0.1) is 12.3 Å². The summed E-state index contributed by atoms with van der Waals surface area (Å²) >= 11 is 1.16. The molecule has 0 aliphatic heterocycles. The van der Waals surface area contributed by atoms with Gasteiger partial charge >= 0.3 is 4.87 Å². The number of aromatic nitrogens is 1. The van der Waals surface area contributed by atoms with Gasteiger partial charge in [0.25, 0.3) is 0 Å². The van der Waals surface area contributed by atoms with E-state index < -0.39 is 0 Å². The summed E-state index contributed by atoms with van der Waals surface area (Å²) in [6.07, 6.45) is 2.26. The number of aryl methyl sites for hydroxylation is 1. The Hall–Kier alpha value is -1.14. The SMILES string of the molecule is Cc1csc(=O)n1CCC(=O)NCC1(CO)CC1. The topological polar surface area (TPSA) is 71.3 Å². The molecule has 5 nitrogen and oxygen atoms in total. The summed E-state index contributed by atoms with van der Waals surface area (Å²) in [5.74, 6) is -0.0628. The molecule has 6 heteroatoms. The number of hydrogen-bond acceptors (Lipinski definition) is 4. The van der Waals surface area contributed by atoms with Gasteiger partial charge in [-0.2, -0.15) is 0 Å². The summed E-state index contributed by atoms with van der Waals surface area (Å²) in [6.45, 7) is 2.96. The van der Waals surface area contributed by atoms with Crippen LogP contribution < -0.4 is 10.2 Å². The molecule has 1 heterocycles. The van der Waals surface area contributed by atoms with Crippen molar-refractivity contribution in [1.82, 2.24) is 9.88 Å². The highest BCUT2D eigenvalue weighted by Crippen LogP contribution is 2.44. The molecule has 1 amide bonds. The monoisotopic (exact) mass is 270 g/mol. The Balaban J connectivity index is 1.77. The molecule has 1 saturated carbocycles. The van der Waals surface area contributed by atoms with Crippen LogP contribution in [0.15, 0.2) is 10.2 Å². The predicted octanol–water partition coefficient (Wildman–Crippen LogP) is 0.497. The maximum Gasteiger partial charge on any atom is 0.307 e. The number of carbonyl (C=O) groups is 1. The number of aliphatic hydroxyl groups is 1. The van der Waals surface area contributed by atoms with E-state index in [1.165, 1.54) is 0 Å². The fraction of sp³-hybridized carbons (Fsp3) is 0.667. The summed E-state index contributed by atoms with van der Waals surface area (Å²) in [5, 5.41) is 13.8. The fourth-order valence-electron chi connectivity index (χ4n) is 1.83. The smallest absolute Gasteiger partial charge is 0.307 e. The molecule has 2 rings (SSSR count). The number of carbonyl (C=O) groups excluding carboxylic acids is 1. The van der Waals surface area contributed by atoms with Crippen molar-refractivity contribution in [1.29, 1.82) is 0 Å². The van der Waals surface area contributed by atoms with Crippen LogP contribution >= 0.6 is 11.3 Å². The predicted molar refractivity (Wildman–Crippen MR) is 69.7 cm³/mol. The lowest BCUT2D eigenvalue weighted by molar-refractivity contribution is -0.121. The van der Waals surface area contributed by atoms with Crippen LogP contribution in [0.2, 0.25) is 0 Å². The standard InChI is InChI=1S/C12H18N2O3S/c1-9-6-18-11(17)14(9)5-2-10(16)13-7-12(8-15)3-4-12/h6,15H,2-5,7-8H2,1H3,(H,13,16). The summed E-state index contributed by atoms with van der Waals surface area (Å²) in [6, 6.07) is 0. The van der Waals surface area contributed by atoms with Crippen LogP contribution in [0.1, 0.15) is 25.0 Å². The van der Waals surface area contributed by atoms with Gasteiger partial charge in [0.2, 0.25) is 5.91 Å². The maximum atomic E-state index is 11.6. The summed E-state index contributed by atoms with van der Waals surface area (Å²) in [4.78, 5) is 23.1. The Bertz CT molecular complexity index is 488. The van der Waals surface area contributed by atoms with Crippen LogP contribution in [0.4, 0.5) is 0 Å². The minimum atomic E-state index is -0.0647.